The first-order valence-corrected chi connectivity index (χ1v) is 14.7. The van der Waals surface area contributed by atoms with E-state index in [0.29, 0.717) is 49.5 Å². The highest BCUT2D eigenvalue weighted by Gasteiger charge is 2.29. The fourth-order valence-electron chi connectivity index (χ4n) is 5.45. The van der Waals surface area contributed by atoms with Crippen LogP contribution in [0, 0.1) is 5.82 Å². The summed E-state index contributed by atoms with van der Waals surface area (Å²) in [4.78, 5) is 53.3. The molecule has 2 aliphatic rings. The van der Waals surface area contributed by atoms with Crippen LogP contribution in [0.5, 0.6) is 0 Å². The Kier molecular flexibility index (Phi) is 10.5. The number of hydrogen-bond acceptors (Lipinski definition) is 5. The van der Waals surface area contributed by atoms with Gasteiger partial charge in [-0.1, -0.05) is 26.2 Å². The number of carbonyl (C=O) groups excluding carboxylic acids is 2. The zero-order valence-corrected chi connectivity index (χ0v) is 25.8. The fourth-order valence-corrected chi connectivity index (χ4v) is 5.45. The zero-order chi connectivity index (χ0) is 29.8. The lowest BCUT2D eigenvalue weighted by molar-refractivity contribution is -0.684. The molecule has 0 radical (unpaired) electrons. The van der Waals surface area contributed by atoms with E-state index in [2.05, 4.69) is 12.2 Å². The van der Waals surface area contributed by atoms with Crippen LogP contribution in [-0.4, -0.2) is 65.1 Å². The number of unbranched alkanes of at least 4 members (excludes halogenated alkanes) is 3. The Balaban J connectivity index is 0.00000423. The predicted octanol–water partition coefficient (Wildman–Crippen LogP) is 0.124. The summed E-state index contributed by atoms with van der Waals surface area (Å²) in [6.45, 7) is 4.58. The molecule has 2 aromatic heterocycles. The molecular formula is C31H37BrFN5O5. The Morgan fingerprint density at radius 1 is 1.05 bits per heavy atom. The number of aromatic carboxylic acids is 1. The second-order valence-electron chi connectivity index (χ2n) is 11.1. The molecule has 43 heavy (non-hydrogen) atoms. The van der Waals surface area contributed by atoms with Crippen LogP contribution < -0.4 is 37.2 Å². The SMILES string of the molecule is CCCCCCNC(=O)C[n+]1ccc(C(=O)N2CCN(c3cc4c(cc3F)c(=O)c(C(=O)O)cn4C3CC3)CC2)cc1.[Br-]. The third kappa shape index (κ3) is 7.41. The number of halogens is 2. The van der Waals surface area contributed by atoms with Gasteiger partial charge >= 0.3 is 5.97 Å². The van der Waals surface area contributed by atoms with Crippen molar-refractivity contribution in [3.8, 4) is 0 Å². The summed E-state index contributed by atoms with van der Waals surface area (Å²) in [6.07, 6.45) is 10.9. The molecule has 3 aromatic rings. The van der Waals surface area contributed by atoms with Crippen LogP contribution in [0.25, 0.3) is 10.9 Å². The van der Waals surface area contributed by atoms with E-state index in [-0.39, 0.29) is 52.3 Å². The number of carbonyl (C=O) groups is 3. The highest BCUT2D eigenvalue weighted by atomic mass is 79.9. The maximum Gasteiger partial charge on any atom is 0.341 e. The van der Waals surface area contributed by atoms with Gasteiger partial charge in [-0.15, -0.1) is 0 Å². The van der Waals surface area contributed by atoms with Crippen LogP contribution in [0.1, 0.15) is 72.2 Å². The van der Waals surface area contributed by atoms with E-state index in [9.17, 15) is 24.3 Å². The molecule has 12 heteroatoms. The molecule has 5 rings (SSSR count). The fraction of sp³-hybridized carbons (Fsp3) is 0.452. The lowest BCUT2D eigenvalue weighted by Crippen LogP contribution is -3.00. The number of carboxylic acid groups (broad SMARTS) is 1. The van der Waals surface area contributed by atoms with E-state index in [4.69, 9.17) is 0 Å². The second-order valence-corrected chi connectivity index (χ2v) is 11.1. The topological polar surface area (TPSA) is 116 Å². The van der Waals surface area contributed by atoms with Gasteiger partial charge in [-0.25, -0.2) is 9.18 Å². The van der Waals surface area contributed by atoms with Crippen molar-refractivity contribution in [3.05, 3.63) is 70.0 Å². The molecule has 0 bridgehead atoms. The maximum absolute atomic E-state index is 15.3. The number of carboxylic acids is 1. The maximum atomic E-state index is 15.3. The standard InChI is InChI=1S/C31H36FN5O5.BrH/c1-2-3-4-5-10-33-28(38)20-34-11-8-21(9-12-34)30(40)36-15-13-35(14-16-36)27-18-26-23(17-25(27)32)29(39)24(31(41)42)19-37(26)22-6-7-22;/h8-9,11-12,17-19,22H,2-7,10,13-16,20H2,1H3,(H-,33,38,41,42);1H. The molecule has 230 valence electrons. The van der Waals surface area contributed by atoms with E-state index in [1.54, 1.807) is 44.6 Å². The number of piperazine rings is 1. The highest BCUT2D eigenvalue weighted by molar-refractivity contribution is 5.95. The van der Waals surface area contributed by atoms with E-state index in [0.717, 1.165) is 44.6 Å². The van der Waals surface area contributed by atoms with Crippen LogP contribution in [0.15, 0.2) is 47.7 Å². The molecule has 0 atom stereocenters. The summed E-state index contributed by atoms with van der Waals surface area (Å²) in [5.41, 5.74) is 0.309. The Labute approximate surface area is 259 Å². The van der Waals surface area contributed by atoms with E-state index in [1.807, 2.05) is 4.90 Å². The van der Waals surface area contributed by atoms with Crippen molar-refractivity contribution in [1.29, 1.82) is 0 Å². The molecule has 1 aliphatic heterocycles. The Morgan fingerprint density at radius 2 is 1.74 bits per heavy atom. The van der Waals surface area contributed by atoms with Crippen LogP contribution >= 0.6 is 0 Å². The highest BCUT2D eigenvalue weighted by Crippen LogP contribution is 2.38. The van der Waals surface area contributed by atoms with Gasteiger partial charge in [0.15, 0.2) is 12.4 Å². The van der Waals surface area contributed by atoms with E-state index >= 15 is 4.39 Å². The van der Waals surface area contributed by atoms with Crippen LogP contribution in [0.4, 0.5) is 10.1 Å². The smallest absolute Gasteiger partial charge is 0.341 e. The van der Waals surface area contributed by atoms with E-state index in [1.165, 1.54) is 6.20 Å². The monoisotopic (exact) mass is 657 g/mol. The number of nitrogens with one attached hydrogen (secondary N) is 1. The second kappa shape index (κ2) is 14.1. The van der Waals surface area contributed by atoms with Crippen molar-refractivity contribution in [2.45, 2.75) is 58.0 Å². The molecule has 10 nitrogen and oxygen atoms in total. The first-order valence-electron chi connectivity index (χ1n) is 14.7. The number of fused-ring (bicyclic) bond motifs is 1. The summed E-state index contributed by atoms with van der Waals surface area (Å²) < 4.78 is 18.8. The number of nitrogens with zero attached hydrogens (tertiary/aromatic N) is 4. The van der Waals surface area contributed by atoms with Crippen LogP contribution in [-0.2, 0) is 11.3 Å². The Hall–Kier alpha value is -3.80. The molecule has 1 saturated heterocycles. The summed E-state index contributed by atoms with van der Waals surface area (Å²) in [5, 5.41) is 12.4. The Bertz CT molecular complexity index is 1550. The minimum absolute atomic E-state index is 0. The molecule has 2 fully saturated rings. The normalized spacial score (nSPS) is 14.8. The van der Waals surface area contributed by atoms with Gasteiger partial charge in [-0.05, 0) is 31.4 Å². The van der Waals surface area contributed by atoms with Crippen molar-refractivity contribution in [2.75, 3.05) is 37.6 Å². The third-order valence-corrected chi connectivity index (χ3v) is 8.00. The van der Waals surface area contributed by atoms with Crippen LogP contribution in [0.3, 0.4) is 0 Å². The lowest BCUT2D eigenvalue weighted by Gasteiger charge is -2.36. The van der Waals surface area contributed by atoms with Gasteiger partial charge in [-0.3, -0.25) is 14.4 Å². The van der Waals surface area contributed by atoms with Gasteiger partial charge in [0.1, 0.15) is 11.4 Å². The molecule has 1 saturated carbocycles. The number of hydrogen-bond donors (Lipinski definition) is 2. The van der Waals surface area contributed by atoms with Gasteiger partial charge in [-0.2, -0.15) is 4.57 Å². The number of benzene rings is 1. The van der Waals surface area contributed by atoms with Gasteiger partial charge in [0.05, 0.1) is 16.8 Å². The number of aromatic nitrogens is 2. The number of rotatable bonds is 11. The van der Waals surface area contributed by atoms with Gasteiger partial charge in [0.2, 0.25) is 12.0 Å². The average Bonchev–Trinajstić information content (AvgIpc) is 3.83. The summed E-state index contributed by atoms with van der Waals surface area (Å²) in [7, 11) is 0. The molecule has 0 unspecified atom stereocenters. The lowest BCUT2D eigenvalue weighted by atomic mass is 10.1. The van der Waals surface area contributed by atoms with Crippen molar-refractivity contribution in [3.63, 3.8) is 0 Å². The average molecular weight is 659 g/mol. The van der Waals surface area contributed by atoms with Crippen molar-refractivity contribution in [1.82, 2.24) is 14.8 Å². The summed E-state index contributed by atoms with van der Waals surface area (Å²) >= 11 is 0. The Morgan fingerprint density at radius 3 is 2.37 bits per heavy atom. The minimum Gasteiger partial charge on any atom is -1.00 e. The predicted molar refractivity (Wildman–Crippen MR) is 155 cm³/mol. The van der Waals surface area contributed by atoms with Crippen molar-refractivity contribution < 1.29 is 45.4 Å². The summed E-state index contributed by atoms with van der Waals surface area (Å²) in [6, 6.07) is 6.27. The molecule has 0 spiro atoms. The van der Waals surface area contributed by atoms with Crippen molar-refractivity contribution >= 4 is 34.4 Å². The number of anilines is 1. The third-order valence-electron chi connectivity index (χ3n) is 8.00. The molecule has 1 aromatic carbocycles. The van der Waals surface area contributed by atoms with Crippen LogP contribution in [0.2, 0.25) is 0 Å². The van der Waals surface area contributed by atoms with E-state index < -0.39 is 17.2 Å². The van der Waals surface area contributed by atoms with Gasteiger partial charge in [0, 0.05) is 62.5 Å². The molecule has 2 amide bonds. The molecule has 3 heterocycles. The van der Waals surface area contributed by atoms with Gasteiger partial charge in [0.25, 0.3) is 11.8 Å². The first-order chi connectivity index (χ1) is 20.3. The molecule has 1 aliphatic carbocycles. The largest absolute Gasteiger partial charge is 1.00 e. The first kappa shape index (κ1) is 32.1. The van der Waals surface area contributed by atoms with Gasteiger partial charge < -0.3 is 41.8 Å². The zero-order valence-electron chi connectivity index (χ0n) is 24.2. The quantitative estimate of drug-likeness (QED) is 0.224. The number of pyridine rings is 2. The molecular weight excluding hydrogens is 621 g/mol. The summed E-state index contributed by atoms with van der Waals surface area (Å²) in [5.74, 6) is -2.12. The number of amides is 2. The molecule has 2 N–H and O–H groups in total. The van der Waals surface area contributed by atoms with Crippen molar-refractivity contribution in [2.24, 2.45) is 0 Å². The minimum atomic E-state index is -1.33.